The average molecular weight is 1570 g/mol. The second-order valence-electron chi connectivity index (χ2n) is 31.2. The van der Waals surface area contributed by atoms with Gasteiger partial charge in [0.05, 0.1) is 0 Å². The first-order valence-electron chi connectivity index (χ1n) is 43.2. The summed E-state index contributed by atoms with van der Waals surface area (Å²) in [4.78, 5) is 4.19. The smallest absolute Gasteiger partial charge is 0.0463 e. The third-order valence-corrected chi connectivity index (χ3v) is 20.9. The first-order chi connectivity index (χ1) is 57.9. The van der Waals surface area contributed by atoms with E-state index in [1.54, 1.807) is 0 Å². The van der Waals surface area contributed by atoms with Crippen LogP contribution in [0.1, 0.15) is 132 Å². The van der Waals surface area contributed by atoms with E-state index in [2.05, 4.69) is 297 Å². The van der Waals surface area contributed by atoms with Crippen LogP contribution in [0, 0.1) is 20.8 Å². The lowest BCUT2D eigenvalue weighted by Gasteiger charge is -2.30. The highest BCUT2D eigenvalue weighted by molar-refractivity contribution is 5.95. The highest BCUT2D eigenvalue weighted by atomic mass is 15.1. The van der Waals surface area contributed by atoms with Gasteiger partial charge in [0, 0.05) is 138 Å². The number of nitrogens with one attached hydrogen (secondary N) is 9. The van der Waals surface area contributed by atoms with Crippen molar-refractivity contribution in [1.82, 2.24) is 10.6 Å². The van der Waals surface area contributed by atoms with Gasteiger partial charge in [-0.1, -0.05) is 257 Å². The number of para-hydroxylation sites is 6. The zero-order valence-electron chi connectivity index (χ0n) is 71.7. The topological polar surface area (TPSA) is 115 Å². The quantitative estimate of drug-likeness (QED) is 0.0434. The molecule has 1 heterocycles. The molecule has 1 aliphatic heterocycles. The molecular formula is C107H133N11. The number of nitrogens with zero attached hydrogens (tertiary/aromatic N) is 2. The molecule has 9 N–H and O–H groups in total. The van der Waals surface area contributed by atoms with Gasteiger partial charge in [0.15, 0.2) is 0 Å². The number of aryl methyl sites for hydroxylation is 3. The van der Waals surface area contributed by atoms with Gasteiger partial charge in [-0.2, -0.15) is 0 Å². The number of fused-ring (bicyclic) bond motifs is 1. The summed E-state index contributed by atoms with van der Waals surface area (Å²) in [5.41, 5.74) is 19.9. The van der Waals surface area contributed by atoms with Crippen molar-refractivity contribution in [2.24, 2.45) is 0 Å². The zero-order valence-corrected chi connectivity index (χ0v) is 71.7. The van der Waals surface area contributed by atoms with E-state index in [1.807, 2.05) is 163 Å². The van der Waals surface area contributed by atoms with Gasteiger partial charge in [-0.25, -0.2) is 0 Å². The van der Waals surface area contributed by atoms with E-state index in [1.165, 1.54) is 173 Å². The Bertz CT molecular complexity index is 4520. The Balaban J connectivity index is 0.000000153. The van der Waals surface area contributed by atoms with Gasteiger partial charge in [-0.15, -0.1) is 0 Å². The lowest BCUT2D eigenvalue weighted by molar-refractivity contribution is 0.291. The van der Waals surface area contributed by atoms with Gasteiger partial charge in [-0.3, -0.25) is 0 Å². The van der Waals surface area contributed by atoms with Crippen molar-refractivity contribution in [3.05, 3.63) is 362 Å². The standard InChI is InChI=1S/C16H21N3.C16H13N.C14H15N.C13H13N.C12H23N.C12H17N.C12H11N.C7H9N.C5H11N/c1-18(2)15-9-5-13(6-10-15)17-14-7-11-16(12-8-14)19(3)4;1-2-9-14(10-3-1)17-16-12-6-8-13-7-4-5-11-15(13)16;1-11-3-7-13(8-4-11)15-14-9-5-12(2)6-10-14;1-11-6-5-9-13(10-11)14-12-7-3-2-4-8-12;3*1-3-7-11(8-4-1)13-12-9-5-2-6-10-12;1-8-7-5-3-2-4-6-7;1-2-4-6-5-3-1/h5-12,17H,1-4H3;1-12,17H;3-10,15H,1-2H3;2-10,14H,1H3;11-13H,1-10H2;1,3-4,7-8,12-13H,2,5-6,9-10H2;1-10,13H;2-6,8H,1H3;6H,1-5H2. The van der Waals surface area contributed by atoms with E-state index >= 15 is 0 Å². The lowest BCUT2D eigenvalue weighted by atomic mass is 9.91. The van der Waals surface area contributed by atoms with E-state index < -0.39 is 0 Å². The molecule has 0 unspecified atom stereocenters. The van der Waals surface area contributed by atoms with Crippen molar-refractivity contribution in [2.45, 2.75) is 154 Å². The van der Waals surface area contributed by atoms with Crippen LogP contribution in [-0.4, -0.2) is 66.5 Å². The first-order valence-corrected chi connectivity index (χ1v) is 43.2. The summed E-state index contributed by atoms with van der Waals surface area (Å²) < 4.78 is 0. The fraction of sp³-hybridized carbons (Fsp3) is 0.290. The van der Waals surface area contributed by atoms with Crippen LogP contribution < -0.4 is 57.7 Å². The minimum Gasteiger partial charge on any atom is -0.388 e. The Morgan fingerprint density at radius 1 is 0.254 bits per heavy atom. The summed E-state index contributed by atoms with van der Waals surface area (Å²) in [5, 5.41) is 33.1. The molecule has 1 saturated heterocycles. The number of hydrogen-bond donors (Lipinski definition) is 9. The molecule has 0 radical (unpaired) electrons. The van der Waals surface area contributed by atoms with Gasteiger partial charge >= 0.3 is 0 Å². The Labute approximate surface area is 709 Å². The summed E-state index contributed by atoms with van der Waals surface area (Å²) in [6.07, 6.45) is 25.7. The fourth-order valence-corrected chi connectivity index (χ4v) is 14.2. The predicted molar refractivity (Wildman–Crippen MR) is 518 cm³/mol. The number of anilines is 14. The molecule has 0 spiro atoms. The maximum Gasteiger partial charge on any atom is 0.0463 e. The first kappa shape index (κ1) is 90.2. The molecule has 616 valence electrons. The third-order valence-electron chi connectivity index (χ3n) is 20.9. The Morgan fingerprint density at radius 2 is 0.559 bits per heavy atom. The molecule has 17 rings (SSSR count). The molecule has 11 nitrogen and oxygen atoms in total. The van der Waals surface area contributed by atoms with Crippen LogP contribution in [0.3, 0.4) is 0 Å². The minimum atomic E-state index is 0.719. The van der Waals surface area contributed by atoms with E-state index in [4.69, 9.17) is 0 Å². The molecule has 13 aromatic carbocycles. The zero-order chi connectivity index (χ0) is 82.7. The second-order valence-corrected chi connectivity index (χ2v) is 31.2. The maximum atomic E-state index is 3.86. The van der Waals surface area contributed by atoms with Gasteiger partial charge in [0.2, 0.25) is 0 Å². The van der Waals surface area contributed by atoms with E-state index in [9.17, 15) is 0 Å². The van der Waals surface area contributed by atoms with Gasteiger partial charge in [0.1, 0.15) is 0 Å². The van der Waals surface area contributed by atoms with Crippen LogP contribution in [0.4, 0.5) is 79.6 Å². The number of hydrogen-bond acceptors (Lipinski definition) is 11. The van der Waals surface area contributed by atoms with Crippen LogP contribution in [0.15, 0.2) is 346 Å². The van der Waals surface area contributed by atoms with E-state index in [0.29, 0.717) is 0 Å². The Hall–Kier alpha value is -11.8. The summed E-state index contributed by atoms with van der Waals surface area (Å²) in [6.45, 7) is 8.78. The van der Waals surface area contributed by atoms with Gasteiger partial charge < -0.3 is 57.7 Å². The van der Waals surface area contributed by atoms with Crippen molar-refractivity contribution in [3.63, 3.8) is 0 Å². The molecule has 3 aliphatic carbocycles. The molecule has 4 aliphatic rings. The minimum absolute atomic E-state index is 0.719. The van der Waals surface area contributed by atoms with Crippen LogP contribution in [0.2, 0.25) is 0 Å². The number of rotatable bonds is 17. The molecule has 0 atom stereocenters. The van der Waals surface area contributed by atoms with Crippen molar-refractivity contribution < 1.29 is 0 Å². The SMILES string of the molecule is C1CCC(NC2CCCCC2)CC1.C1CCNCC1.CN(C)c1ccc(Nc2ccc(N(C)C)cc2)cc1.CNc1ccccc1.Cc1ccc(Nc2ccc(C)cc2)cc1.Cc1cccc(Nc2ccccc2)c1.c1ccc(NC2CCCCC2)cc1.c1ccc(Nc2cccc3ccccc23)cc1.c1ccc(Nc2ccccc2)cc1. The van der Waals surface area contributed by atoms with Crippen LogP contribution >= 0.6 is 0 Å². The third kappa shape index (κ3) is 36.2. The van der Waals surface area contributed by atoms with Gasteiger partial charge in [0.25, 0.3) is 0 Å². The van der Waals surface area contributed by atoms with Crippen molar-refractivity contribution in [3.8, 4) is 0 Å². The molecular weight excluding hydrogens is 1440 g/mol. The lowest BCUT2D eigenvalue weighted by Crippen LogP contribution is -2.40. The highest BCUT2D eigenvalue weighted by Crippen LogP contribution is 2.29. The molecule has 0 amide bonds. The van der Waals surface area contributed by atoms with Crippen LogP contribution in [-0.2, 0) is 0 Å². The molecule has 13 aromatic rings. The molecule has 0 bridgehead atoms. The summed E-state index contributed by atoms with van der Waals surface area (Å²) >= 11 is 0. The Kier molecular flexibility index (Phi) is 40.9. The average Bonchev–Trinajstić information content (AvgIpc) is 0.821. The number of benzene rings is 13. The molecule has 0 aromatic heterocycles. The summed E-state index contributed by atoms with van der Waals surface area (Å²) in [7, 11) is 10.1. The molecule has 118 heavy (non-hydrogen) atoms. The largest absolute Gasteiger partial charge is 0.388 e. The van der Waals surface area contributed by atoms with Gasteiger partial charge in [-0.05, 0) is 260 Å². The Morgan fingerprint density at radius 3 is 0.915 bits per heavy atom. The molecule has 4 fully saturated rings. The van der Waals surface area contributed by atoms with E-state index in [0.717, 1.165) is 80.7 Å². The number of piperidine rings is 1. The van der Waals surface area contributed by atoms with E-state index in [-0.39, 0.29) is 0 Å². The van der Waals surface area contributed by atoms with Crippen molar-refractivity contribution in [2.75, 3.05) is 95.3 Å². The highest BCUT2D eigenvalue weighted by Gasteiger charge is 2.19. The molecule has 3 saturated carbocycles. The van der Waals surface area contributed by atoms with Crippen LogP contribution in [0.5, 0.6) is 0 Å². The molecule has 11 heteroatoms. The maximum absolute atomic E-state index is 3.86. The predicted octanol–water partition coefficient (Wildman–Crippen LogP) is 28.5. The monoisotopic (exact) mass is 1570 g/mol. The fourth-order valence-electron chi connectivity index (χ4n) is 14.2. The van der Waals surface area contributed by atoms with Crippen molar-refractivity contribution >= 4 is 90.4 Å². The van der Waals surface area contributed by atoms with Crippen LogP contribution in [0.25, 0.3) is 10.8 Å². The normalized spacial score (nSPS) is 13.5. The summed E-state index contributed by atoms with van der Waals surface area (Å²) in [5.74, 6) is 0. The summed E-state index contributed by atoms with van der Waals surface area (Å²) in [6, 6.07) is 120. The second kappa shape index (κ2) is 53.5. The van der Waals surface area contributed by atoms with Crippen molar-refractivity contribution in [1.29, 1.82) is 0 Å².